The van der Waals surface area contributed by atoms with E-state index in [4.69, 9.17) is 5.11 Å². The van der Waals surface area contributed by atoms with Crippen molar-refractivity contribution in [1.82, 2.24) is 9.78 Å². The molecule has 0 aliphatic heterocycles. The van der Waals surface area contributed by atoms with Crippen molar-refractivity contribution in [3.8, 4) is 0 Å². The molecule has 1 N–H and O–H groups in total. The molecule has 0 unspecified atom stereocenters. The number of hydrogen-bond acceptors (Lipinski definition) is 2. The fourth-order valence-electron chi connectivity index (χ4n) is 0.976. The van der Waals surface area contributed by atoms with Crippen LogP contribution in [0.1, 0.15) is 18.3 Å². The number of aromatic nitrogens is 2. The maximum atomic E-state index is 8.70. The Morgan fingerprint density at radius 1 is 1.70 bits per heavy atom. The predicted molar refractivity (Wildman–Crippen MR) is 38.6 cm³/mol. The van der Waals surface area contributed by atoms with E-state index in [-0.39, 0.29) is 6.61 Å². The fraction of sp³-hybridized carbons (Fsp3) is 0.571. The van der Waals surface area contributed by atoms with E-state index in [1.54, 1.807) is 0 Å². The molecule has 0 aliphatic carbocycles. The Labute approximate surface area is 60.3 Å². The number of hydrogen-bond donors (Lipinski definition) is 1. The summed E-state index contributed by atoms with van der Waals surface area (Å²) >= 11 is 0. The van der Waals surface area contributed by atoms with E-state index >= 15 is 0 Å². The van der Waals surface area contributed by atoms with Crippen molar-refractivity contribution in [1.29, 1.82) is 0 Å². The largest absolute Gasteiger partial charge is 0.390 e. The lowest BCUT2D eigenvalue weighted by Crippen LogP contribution is -1.98. The molecule has 0 saturated carbocycles. The summed E-state index contributed by atoms with van der Waals surface area (Å²) in [6, 6.07) is 1.89. The minimum Gasteiger partial charge on any atom is -0.390 e. The predicted octanol–water partition coefficient (Wildman–Crippen LogP) is 0.704. The SMILES string of the molecule is CCn1nc(CO)cc1C. The number of aryl methyl sites for hydroxylation is 2. The van der Waals surface area contributed by atoms with Gasteiger partial charge in [-0.25, -0.2) is 0 Å². The molecule has 0 atom stereocenters. The summed E-state index contributed by atoms with van der Waals surface area (Å²) in [6.07, 6.45) is 0. The molecule has 3 nitrogen and oxygen atoms in total. The van der Waals surface area contributed by atoms with Crippen molar-refractivity contribution in [2.45, 2.75) is 27.0 Å². The standard InChI is InChI=1S/C7H12N2O/c1-3-9-6(2)4-7(5-10)8-9/h4,10H,3,5H2,1-2H3. The van der Waals surface area contributed by atoms with E-state index in [1.807, 2.05) is 24.6 Å². The first-order valence-corrected chi connectivity index (χ1v) is 3.42. The van der Waals surface area contributed by atoms with Crippen LogP contribution in [0.5, 0.6) is 0 Å². The lowest BCUT2D eigenvalue weighted by molar-refractivity contribution is 0.275. The van der Waals surface area contributed by atoms with Crippen molar-refractivity contribution in [2.24, 2.45) is 0 Å². The molecule has 0 bridgehead atoms. The summed E-state index contributed by atoms with van der Waals surface area (Å²) in [7, 11) is 0. The minimum atomic E-state index is 0.0356. The third-order valence-electron chi connectivity index (χ3n) is 1.49. The lowest BCUT2D eigenvalue weighted by Gasteiger charge is -1.95. The van der Waals surface area contributed by atoms with Gasteiger partial charge in [0.25, 0.3) is 0 Å². The summed E-state index contributed by atoms with van der Waals surface area (Å²) in [6.45, 7) is 4.91. The van der Waals surface area contributed by atoms with Crippen molar-refractivity contribution >= 4 is 0 Å². The topological polar surface area (TPSA) is 38.0 Å². The van der Waals surface area contributed by atoms with E-state index in [0.29, 0.717) is 0 Å². The van der Waals surface area contributed by atoms with Crippen molar-refractivity contribution in [2.75, 3.05) is 0 Å². The normalized spacial score (nSPS) is 10.3. The second-order valence-corrected chi connectivity index (χ2v) is 2.25. The third kappa shape index (κ3) is 1.19. The lowest BCUT2D eigenvalue weighted by atomic mass is 10.4. The Morgan fingerprint density at radius 2 is 2.40 bits per heavy atom. The summed E-state index contributed by atoms with van der Waals surface area (Å²) in [5.41, 5.74) is 1.85. The van der Waals surface area contributed by atoms with Gasteiger partial charge in [-0.1, -0.05) is 0 Å². The van der Waals surface area contributed by atoms with E-state index in [0.717, 1.165) is 17.9 Å². The van der Waals surface area contributed by atoms with Gasteiger partial charge < -0.3 is 5.11 Å². The highest BCUT2D eigenvalue weighted by atomic mass is 16.3. The van der Waals surface area contributed by atoms with Gasteiger partial charge in [0, 0.05) is 12.2 Å². The first kappa shape index (κ1) is 7.28. The van der Waals surface area contributed by atoms with Crippen molar-refractivity contribution < 1.29 is 5.11 Å². The number of aliphatic hydroxyl groups is 1. The Kier molecular flexibility index (Phi) is 2.06. The van der Waals surface area contributed by atoms with Crippen LogP contribution in [0.25, 0.3) is 0 Å². The van der Waals surface area contributed by atoms with Crippen LogP contribution in [0.2, 0.25) is 0 Å². The van der Waals surface area contributed by atoms with E-state index < -0.39 is 0 Å². The van der Waals surface area contributed by atoms with Gasteiger partial charge in [0.2, 0.25) is 0 Å². The Bertz CT molecular complexity index is 217. The molecule has 0 spiro atoms. The smallest absolute Gasteiger partial charge is 0.0881 e. The molecule has 3 heteroatoms. The van der Waals surface area contributed by atoms with Gasteiger partial charge in [-0.15, -0.1) is 0 Å². The van der Waals surface area contributed by atoms with Gasteiger partial charge in [0.15, 0.2) is 0 Å². The average Bonchev–Trinajstić information content (AvgIpc) is 2.30. The fourth-order valence-corrected chi connectivity index (χ4v) is 0.976. The van der Waals surface area contributed by atoms with Gasteiger partial charge in [0.1, 0.15) is 0 Å². The van der Waals surface area contributed by atoms with E-state index in [2.05, 4.69) is 5.10 Å². The first-order chi connectivity index (χ1) is 4.77. The molecule has 0 saturated heterocycles. The van der Waals surface area contributed by atoms with Gasteiger partial charge in [-0.2, -0.15) is 5.10 Å². The van der Waals surface area contributed by atoms with E-state index in [1.165, 1.54) is 0 Å². The highest BCUT2D eigenvalue weighted by Gasteiger charge is 1.99. The maximum absolute atomic E-state index is 8.70. The minimum absolute atomic E-state index is 0.0356. The molecule has 0 aromatic carbocycles. The zero-order valence-electron chi connectivity index (χ0n) is 6.33. The van der Waals surface area contributed by atoms with Crippen LogP contribution in [0.15, 0.2) is 6.07 Å². The molecular weight excluding hydrogens is 128 g/mol. The molecule has 0 amide bonds. The summed E-state index contributed by atoms with van der Waals surface area (Å²) < 4.78 is 1.87. The summed E-state index contributed by atoms with van der Waals surface area (Å²) in [4.78, 5) is 0. The van der Waals surface area contributed by atoms with Crippen LogP contribution < -0.4 is 0 Å². The van der Waals surface area contributed by atoms with Crippen LogP contribution in [0.4, 0.5) is 0 Å². The third-order valence-corrected chi connectivity index (χ3v) is 1.49. The molecule has 1 rings (SSSR count). The van der Waals surface area contributed by atoms with Crippen molar-refractivity contribution in [3.05, 3.63) is 17.5 Å². The molecule has 0 radical (unpaired) electrons. The number of rotatable bonds is 2. The first-order valence-electron chi connectivity index (χ1n) is 3.42. The maximum Gasteiger partial charge on any atom is 0.0881 e. The summed E-state index contributed by atoms with van der Waals surface area (Å²) in [5.74, 6) is 0. The molecule has 10 heavy (non-hydrogen) atoms. The Balaban J connectivity index is 2.92. The van der Waals surface area contributed by atoms with Crippen LogP contribution in [-0.4, -0.2) is 14.9 Å². The molecular formula is C7H12N2O. The highest BCUT2D eigenvalue weighted by Crippen LogP contribution is 2.01. The zero-order chi connectivity index (χ0) is 7.56. The average molecular weight is 140 g/mol. The number of aliphatic hydroxyl groups excluding tert-OH is 1. The van der Waals surface area contributed by atoms with Crippen molar-refractivity contribution in [3.63, 3.8) is 0 Å². The van der Waals surface area contributed by atoms with Gasteiger partial charge in [-0.3, -0.25) is 4.68 Å². The second-order valence-electron chi connectivity index (χ2n) is 2.25. The van der Waals surface area contributed by atoms with Gasteiger partial charge in [-0.05, 0) is 19.9 Å². The second kappa shape index (κ2) is 2.84. The Hall–Kier alpha value is -0.830. The summed E-state index contributed by atoms with van der Waals surface area (Å²) in [5, 5.41) is 12.8. The molecule has 1 heterocycles. The van der Waals surface area contributed by atoms with Crippen LogP contribution in [0.3, 0.4) is 0 Å². The van der Waals surface area contributed by atoms with Gasteiger partial charge >= 0.3 is 0 Å². The molecule has 0 fully saturated rings. The zero-order valence-corrected chi connectivity index (χ0v) is 6.33. The number of nitrogens with zero attached hydrogens (tertiary/aromatic N) is 2. The highest BCUT2D eigenvalue weighted by molar-refractivity contribution is 5.07. The quantitative estimate of drug-likeness (QED) is 0.656. The van der Waals surface area contributed by atoms with E-state index in [9.17, 15) is 0 Å². The molecule has 0 aliphatic rings. The molecule has 1 aromatic heterocycles. The Morgan fingerprint density at radius 3 is 2.70 bits per heavy atom. The molecule has 1 aromatic rings. The van der Waals surface area contributed by atoms with Crippen LogP contribution in [0, 0.1) is 6.92 Å². The molecule has 56 valence electrons. The monoisotopic (exact) mass is 140 g/mol. The van der Waals surface area contributed by atoms with Crippen LogP contribution >= 0.6 is 0 Å². The van der Waals surface area contributed by atoms with Gasteiger partial charge in [0.05, 0.1) is 12.3 Å². The van der Waals surface area contributed by atoms with Crippen LogP contribution in [-0.2, 0) is 13.2 Å².